The van der Waals surface area contributed by atoms with E-state index in [1.54, 1.807) is 0 Å². The molecule has 2 N–H and O–H groups in total. The summed E-state index contributed by atoms with van der Waals surface area (Å²) in [6, 6.07) is 3.89. The van der Waals surface area contributed by atoms with Crippen LogP contribution in [-0.2, 0) is 0 Å². The van der Waals surface area contributed by atoms with Gasteiger partial charge in [-0.05, 0) is 44.4 Å². The van der Waals surface area contributed by atoms with Crippen molar-refractivity contribution in [2.24, 2.45) is 5.92 Å². The maximum atomic E-state index is 10.1. The topological polar surface area (TPSA) is 45.4 Å². The van der Waals surface area contributed by atoms with Crippen LogP contribution in [0.4, 0.5) is 0 Å². The maximum absolute atomic E-state index is 10.1. The summed E-state index contributed by atoms with van der Waals surface area (Å²) >= 11 is 0. The Morgan fingerprint density at radius 3 is 2.93 bits per heavy atom. The number of hydrogen-bond donors (Lipinski definition) is 2. The van der Waals surface area contributed by atoms with E-state index >= 15 is 0 Å². The SMILES string of the molecule is Cc1ccc(C(O)C2CC(C)CCN2)o1. The first kappa shape index (κ1) is 10.7. The van der Waals surface area contributed by atoms with Crippen molar-refractivity contribution in [1.29, 1.82) is 0 Å². The van der Waals surface area contributed by atoms with E-state index in [0.717, 1.165) is 18.7 Å². The van der Waals surface area contributed by atoms with Gasteiger partial charge in [-0.2, -0.15) is 0 Å². The molecule has 1 aliphatic rings. The lowest BCUT2D eigenvalue weighted by Crippen LogP contribution is -2.41. The molecule has 2 rings (SSSR count). The Labute approximate surface area is 90.5 Å². The first-order valence-electron chi connectivity index (χ1n) is 5.64. The maximum Gasteiger partial charge on any atom is 0.134 e. The van der Waals surface area contributed by atoms with Crippen LogP contribution in [0.1, 0.15) is 37.4 Å². The predicted octanol–water partition coefficient (Wildman–Crippen LogP) is 2.01. The molecule has 3 atom stereocenters. The predicted molar refractivity (Wildman–Crippen MR) is 58.6 cm³/mol. The van der Waals surface area contributed by atoms with E-state index < -0.39 is 6.10 Å². The van der Waals surface area contributed by atoms with Crippen LogP contribution >= 0.6 is 0 Å². The molecule has 0 aliphatic carbocycles. The van der Waals surface area contributed by atoms with E-state index in [1.165, 1.54) is 6.42 Å². The third-order valence-electron chi connectivity index (χ3n) is 3.13. The second kappa shape index (κ2) is 4.37. The molecule has 0 spiro atoms. The Balaban J connectivity index is 2.03. The highest BCUT2D eigenvalue weighted by Gasteiger charge is 2.27. The zero-order chi connectivity index (χ0) is 10.8. The fraction of sp³-hybridized carbons (Fsp3) is 0.667. The Kier molecular flexibility index (Phi) is 3.12. The van der Waals surface area contributed by atoms with Crippen LogP contribution in [-0.4, -0.2) is 17.7 Å². The van der Waals surface area contributed by atoms with Crippen molar-refractivity contribution in [2.75, 3.05) is 6.54 Å². The average Bonchev–Trinajstić information content (AvgIpc) is 2.64. The van der Waals surface area contributed by atoms with E-state index in [1.807, 2.05) is 19.1 Å². The molecule has 84 valence electrons. The summed E-state index contributed by atoms with van der Waals surface area (Å²) in [7, 11) is 0. The molecule has 1 saturated heterocycles. The van der Waals surface area contributed by atoms with Crippen LogP contribution in [0, 0.1) is 12.8 Å². The Hall–Kier alpha value is -0.800. The monoisotopic (exact) mass is 209 g/mol. The highest BCUT2D eigenvalue weighted by atomic mass is 16.4. The molecule has 1 fully saturated rings. The molecule has 0 bridgehead atoms. The molecule has 0 aromatic carbocycles. The summed E-state index contributed by atoms with van der Waals surface area (Å²) in [5, 5.41) is 13.5. The number of rotatable bonds is 2. The number of furan rings is 1. The minimum absolute atomic E-state index is 0.138. The third kappa shape index (κ3) is 2.41. The van der Waals surface area contributed by atoms with Crippen molar-refractivity contribution in [1.82, 2.24) is 5.32 Å². The van der Waals surface area contributed by atoms with E-state index in [4.69, 9.17) is 4.42 Å². The molecule has 0 saturated carbocycles. The van der Waals surface area contributed by atoms with Gasteiger partial charge in [0.05, 0.1) is 0 Å². The second-order valence-corrected chi connectivity index (χ2v) is 4.58. The van der Waals surface area contributed by atoms with Crippen molar-refractivity contribution in [3.8, 4) is 0 Å². The van der Waals surface area contributed by atoms with Crippen molar-refractivity contribution in [3.05, 3.63) is 23.7 Å². The average molecular weight is 209 g/mol. The van der Waals surface area contributed by atoms with Gasteiger partial charge in [0.1, 0.15) is 17.6 Å². The normalized spacial score (nSPS) is 29.0. The van der Waals surface area contributed by atoms with Crippen LogP contribution in [0.15, 0.2) is 16.5 Å². The first-order valence-corrected chi connectivity index (χ1v) is 5.64. The van der Waals surface area contributed by atoms with Gasteiger partial charge in [-0.1, -0.05) is 6.92 Å². The van der Waals surface area contributed by atoms with Gasteiger partial charge in [-0.3, -0.25) is 0 Å². The molecule has 0 amide bonds. The van der Waals surface area contributed by atoms with Crippen molar-refractivity contribution in [2.45, 2.75) is 38.8 Å². The van der Waals surface area contributed by atoms with Gasteiger partial charge in [0, 0.05) is 6.04 Å². The Bertz CT molecular complexity index is 321. The number of hydrogen-bond acceptors (Lipinski definition) is 3. The Morgan fingerprint density at radius 1 is 1.53 bits per heavy atom. The quantitative estimate of drug-likeness (QED) is 0.783. The van der Waals surface area contributed by atoms with E-state index in [0.29, 0.717) is 11.7 Å². The lowest BCUT2D eigenvalue weighted by Gasteiger charge is -2.30. The minimum Gasteiger partial charge on any atom is -0.464 e. The fourth-order valence-corrected chi connectivity index (χ4v) is 2.20. The third-order valence-corrected chi connectivity index (χ3v) is 3.13. The van der Waals surface area contributed by atoms with Gasteiger partial charge in [0.15, 0.2) is 0 Å². The smallest absolute Gasteiger partial charge is 0.134 e. The molecule has 1 aromatic rings. The van der Waals surface area contributed by atoms with E-state index in [2.05, 4.69) is 12.2 Å². The number of nitrogens with one attached hydrogen (secondary N) is 1. The van der Waals surface area contributed by atoms with Crippen LogP contribution in [0.25, 0.3) is 0 Å². The van der Waals surface area contributed by atoms with Gasteiger partial charge in [0.2, 0.25) is 0 Å². The second-order valence-electron chi connectivity index (χ2n) is 4.58. The van der Waals surface area contributed by atoms with Gasteiger partial charge in [-0.25, -0.2) is 0 Å². The molecule has 1 aliphatic heterocycles. The molecule has 3 heteroatoms. The first-order chi connectivity index (χ1) is 7.16. The van der Waals surface area contributed by atoms with Crippen molar-refractivity contribution in [3.63, 3.8) is 0 Å². The molecular formula is C12H19NO2. The molecule has 3 unspecified atom stereocenters. The summed E-state index contributed by atoms with van der Waals surface area (Å²) in [5.74, 6) is 2.22. The summed E-state index contributed by atoms with van der Waals surface area (Å²) in [4.78, 5) is 0. The summed E-state index contributed by atoms with van der Waals surface area (Å²) in [6.45, 7) is 5.11. The van der Waals surface area contributed by atoms with Crippen molar-refractivity contribution >= 4 is 0 Å². The molecule has 15 heavy (non-hydrogen) atoms. The number of aryl methyl sites for hydroxylation is 1. The van der Waals surface area contributed by atoms with E-state index in [9.17, 15) is 5.11 Å². The molecular weight excluding hydrogens is 190 g/mol. The number of piperidine rings is 1. The molecule has 1 aromatic heterocycles. The summed E-state index contributed by atoms with van der Waals surface area (Å²) in [5.41, 5.74) is 0. The summed E-state index contributed by atoms with van der Waals surface area (Å²) < 4.78 is 5.44. The Morgan fingerprint density at radius 2 is 2.33 bits per heavy atom. The fourth-order valence-electron chi connectivity index (χ4n) is 2.20. The van der Waals surface area contributed by atoms with Crippen LogP contribution in [0.5, 0.6) is 0 Å². The van der Waals surface area contributed by atoms with Gasteiger partial charge in [-0.15, -0.1) is 0 Å². The largest absolute Gasteiger partial charge is 0.464 e. The number of aliphatic hydroxyl groups excluding tert-OH is 1. The lowest BCUT2D eigenvalue weighted by atomic mass is 9.90. The van der Waals surface area contributed by atoms with Gasteiger partial charge in [0.25, 0.3) is 0 Å². The molecule has 0 radical (unpaired) electrons. The number of aliphatic hydroxyl groups is 1. The molecule has 3 nitrogen and oxygen atoms in total. The summed E-state index contributed by atoms with van der Waals surface area (Å²) in [6.07, 6.45) is 1.70. The van der Waals surface area contributed by atoms with Gasteiger partial charge >= 0.3 is 0 Å². The standard InChI is InChI=1S/C12H19NO2/c1-8-5-6-13-10(7-8)12(14)11-4-3-9(2)15-11/h3-4,8,10,12-14H,5-7H2,1-2H3. The zero-order valence-corrected chi connectivity index (χ0v) is 9.36. The van der Waals surface area contributed by atoms with E-state index in [-0.39, 0.29) is 6.04 Å². The molecule has 2 heterocycles. The zero-order valence-electron chi connectivity index (χ0n) is 9.36. The van der Waals surface area contributed by atoms with Crippen LogP contribution in [0.3, 0.4) is 0 Å². The van der Waals surface area contributed by atoms with Crippen LogP contribution < -0.4 is 5.32 Å². The van der Waals surface area contributed by atoms with Crippen LogP contribution in [0.2, 0.25) is 0 Å². The highest BCUT2D eigenvalue weighted by molar-refractivity contribution is 5.10. The highest BCUT2D eigenvalue weighted by Crippen LogP contribution is 2.26. The lowest BCUT2D eigenvalue weighted by molar-refractivity contribution is 0.0813. The van der Waals surface area contributed by atoms with Gasteiger partial charge < -0.3 is 14.8 Å². The van der Waals surface area contributed by atoms with Crippen molar-refractivity contribution < 1.29 is 9.52 Å². The minimum atomic E-state index is -0.513.